The Bertz CT molecular complexity index is 265. The molecule has 0 unspecified atom stereocenters. The van der Waals surface area contributed by atoms with Gasteiger partial charge in [-0.25, -0.2) is 0 Å². The van der Waals surface area contributed by atoms with Crippen LogP contribution in [0.5, 0.6) is 5.75 Å². The lowest BCUT2D eigenvalue weighted by atomic mass is 10.2. The zero-order chi connectivity index (χ0) is 10.8. The van der Waals surface area contributed by atoms with Gasteiger partial charge in [0.05, 0.1) is 12.2 Å². The van der Waals surface area contributed by atoms with Crippen molar-refractivity contribution in [2.24, 2.45) is 0 Å². The fraction of sp³-hybridized carbons (Fsp3) is 0.222. The van der Waals surface area contributed by atoms with Crippen LogP contribution in [0.1, 0.15) is 17.3 Å². The third-order valence-electron chi connectivity index (χ3n) is 1.35. The van der Waals surface area contributed by atoms with Crippen LogP contribution in [0.15, 0.2) is 24.3 Å². The van der Waals surface area contributed by atoms with Gasteiger partial charge in [0, 0.05) is 0 Å². The largest absolute Gasteiger partial charge is 0.493 e. The summed E-state index contributed by atoms with van der Waals surface area (Å²) in [4.78, 5) is 10.4. The van der Waals surface area contributed by atoms with E-state index in [1.165, 1.54) is 0 Å². The molecule has 0 saturated carbocycles. The quantitative estimate of drug-likeness (QED) is 0.532. The predicted octanol–water partition coefficient (Wildman–Crippen LogP) is 0.135. The third-order valence-corrected chi connectivity index (χ3v) is 1.35. The molecule has 0 radical (unpaired) electrons. The van der Waals surface area contributed by atoms with E-state index in [9.17, 15) is 4.79 Å². The molecule has 1 rings (SSSR count). The summed E-state index contributed by atoms with van der Waals surface area (Å²) in [6.07, 6.45) is 0.797. The minimum Gasteiger partial charge on any atom is -0.493 e. The molecule has 0 aliphatic carbocycles. The molecule has 0 aliphatic rings. The standard InChI is InChI=1S/C9H10O2.BH3O2/c1-2-11-9-6-4-3-5-8(9)7-10;2-1-3/h3-7H,2H2,1H3;1-3H. The monoisotopic (exact) mass is 196 g/mol. The summed E-state index contributed by atoms with van der Waals surface area (Å²) >= 11 is 0. The lowest BCUT2D eigenvalue weighted by Gasteiger charge is -2.03. The fourth-order valence-corrected chi connectivity index (χ4v) is 0.865. The Kier molecular flexibility index (Phi) is 7.50. The first kappa shape index (κ1) is 12.7. The number of para-hydroxylation sites is 1. The van der Waals surface area contributed by atoms with Crippen LogP contribution in [0.25, 0.3) is 0 Å². The molecule has 0 spiro atoms. The van der Waals surface area contributed by atoms with Gasteiger partial charge in [-0.1, -0.05) is 12.1 Å². The van der Waals surface area contributed by atoms with Crippen molar-refractivity contribution in [2.45, 2.75) is 6.92 Å². The third kappa shape index (κ3) is 4.64. The summed E-state index contributed by atoms with van der Waals surface area (Å²) in [5.74, 6) is 0.657. The van der Waals surface area contributed by atoms with Crippen molar-refractivity contribution in [1.82, 2.24) is 0 Å². The number of aldehydes is 1. The zero-order valence-electron chi connectivity index (χ0n) is 8.01. The van der Waals surface area contributed by atoms with E-state index in [0.29, 0.717) is 17.9 Å². The molecule has 1 aromatic rings. The molecule has 0 bridgehead atoms. The van der Waals surface area contributed by atoms with E-state index in [4.69, 9.17) is 14.8 Å². The first-order chi connectivity index (χ1) is 6.79. The molecular formula is C9H13BO4. The summed E-state index contributed by atoms with van der Waals surface area (Å²) in [5, 5.41) is 14.2. The zero-order valence-corrected chi connectivity index (χ0v) is 8.01. The smallest absolute Gasteiger partial charge is 0.432 e. The van der Waals surface area contributed by atoms with Gasteiger partial charge >= 0.3 is 7.69 Å². The van der Waals surface area contributed by atoms with E-state index in [2.05, 4.69) is 0 Å². The Morgan fingerprint density at radius 1 is 1.43 bits per heavy atom. The van der Waals surface area contributed by atoms with Crippen LogP contribution >= 0.6 is 0 Å². The highest BCUT2D eigenvalue weighted by Crippen LogP contribution is 2.14. The molecule has 14 heavy (non-hydrogen) atoms. The van der Waals surface area contributed by atoms with Crippen LogP contribution in [0, 0.1) is 0 Å². The van der Waals surface area contributed by atoms with E-state index >= 15 is 0 Å². The van der Waals surface area contributed by atoms with Gasteiger partial charge < -0.3 is 14.8 Å². The van der Waals surface area contributed by atoms with Crippen molar-refractivity contribution >= 4 is 14.0 Å². The van der Waals surface area contributed by atoms with E-state index in [0.717, 1.165) is 6.29 Å². The number of ether oxygens (including phenoxy) is 1. The summed E-state index contributed by atoms with van der Waals surface area (Å²) < 4.78 is 5.20. The van der Waals surface area contributed by atoms with Crippen LogP contribution in [-0.4, -0.2) is 30.6 Å². The average Bonchev–Trinajstić information content (AvgIpc) is 2.20. The SMILES string of the molecule is CCOc1ccccc1C=O.OBO. The van der Waals surface area contributed by atoms with Crippen molar-refractivity contribution in [3.63, 3.8) is 0 Å². The van der Waals surface area contributed by atoms with E-state index in [1.807, 2.05) is 19.1 Å². The Labute approximate surface area is 83.5 Å². The van der Waals surface area contributed by atoms with Crippen LogP contribution in [0.3, 0.4) is 0 Å². The molecule has 1 aromatic carbocycles. The van der Waals surface area contributed by atoms with Crippen molar-refractivity contribution in [1.29, 1.82) is 0 Å². The van der Waals surface area contributed by atoms with Crippen molar-refractivity contribution < 1.29 is 19.6 Å². The minimum atomic E-state index is -0.750. The summed E-state index contributed by atoms with van der Waals surface area (Å²) in [5.41, 5.74) is 0.606. The van der Waals surface area contributed by atoms with Crippen LogP contribution < -0.4 is 4.74 Å². The first-order valence-corrected chi connectivity index (χ1v) is 4.18. The highest BCUT2D eigenvalue weighted by atomic mass is 16.5. The first-order valence-electron chi connectivity index (χ1n) is 4.18. The van der Waals surface area contributed by atoms with Gasteiger partial charge in [0.15, 0.2) is 6.29 Å². The maximum absolute atomic E-state index is 10.4. The van der Waals surface area contributed by atoms with Crippen molar-refractivity contribution in [3.8, 4) is 5.75 Å². The van der Waals surface area contributed by atoms with Crippen LogP contribution in [-0.2, 0) is 0 Å². The summed E-state index contributed by atoms with van der Waals surface area (Å²) in [7, 11) is -0.750. The predicted molar refractivity (Wildman–Crippen MR) is 54.6 cm³/mol. The van der Waals surface area contributed by atoms with Gasteiger partial charge in [-0.15, -0.1) is 0 Å². The lowest BCUT2D eigenvalue weighted by molar-refractivity contribution is 0.112. The average molecular weight is 196 g/mol. The second kappa shape index (κ2) is 8.28. The summed E-state index contributed by atoms with van der Waals surface area (Å²) in [6, 6.07) is 7.18. The summed E-state index contributed by atoms with van der Waals surface area (Å²) in [6.45, 7) is 2.48. The molecule has 0 atom stereocenters. The minimum absolute atomic E-state index is 0.588. The second-order valence-electron chi connectivity index (χ2n) is 2.23. The number of carbonyl (C=O) groups is 1. The van der Waals surface area contributed by atoms with Crippen LogP contribution in [0.2, 0.25) is 0 Å². The number of carbonyl (C=O) groups excluding carboxylic acids is 1. The van der Waals surface area contributed by atoms with E-state index in [-0.39, 0.29) is 0 Å². The molecule has 0 amide bonds. The maximum atomic E-state index is 10.4. The van der Waals surface area contributed by atoms with Crippen LogP contribution in [0.4, 0.5) is 0 Å². The molecule has 0 saturated heterocycles. The fourth-order valence-electron chi connectivity index (χ4n) is 0.865. The molecule has 4 nitrogen and oxygen atoms in total. The van der Waals surface area contributed by atoms with Gasteiger partial charge in [0.25, 0.3) is 0 Å². The number of hydrogen-bond acceptors (Lipinski definition) is 4. The molecule has 2 N–H and O–H groups in total. The number of benzene rings is 1. The molecule has 0 heterocycles. The molecule has 76 valence electrons. The molecular weight excluding hydrogens is 183 g/mol. The van der Waals surface area contributed by atoms with E-state index < -0.39 is 7.69 Å². The topological polar surface area (TPSA) is 66.8 Å². The second-order valence-corrected chi connectivity index (χ2v) is 2.23. The Hall–Kier alpha value is -1.33. The van der Waals surface area contributed by atoms with Gasteiger partial charge in [-0.05, 0) is 19.1 Å². The molecule has 0 aliphatic heterocycles. The molecule has 0 aromatic heterocycles. The Morgan fingerprint density at radius 2 is 2.00 bits per heavy atom. The number of hydrogen-bond donors (Lipinski definition) is 2. The molecule has 5 heteroatoms. The van der Waals surface area contributed by atoms with Crippen molar-refractivity contribution in [3.05, 3.63) is 29.8 Å². The van der Waals surface area contributed by atoms with E-state index in [1.54, 1.807) is 12.1 Å². The van der Waals surface area contributed by atoms with Gasteiger partial charge in [0.1, 0.15) is 5.75 Å². The maximum Gasteiger partial charge on any atom is 0.432 e. The van der Waals surface area contributed by atoms with Gasteiger partial charge in [-0.3, -0.25) is 4.79 Å². The van der Waals surface area contributed by atoms with Gasteiger partial charge in [-0.2, -0.15) is 0 Å². The highest BCUT2D eigenvalue weighted by molar-refractivity contribution is 6.13. The highest BCUT2D eigenvalue weighted by Gasteiger charge is 1.97. The Balaban J connectivity index is 0.000000500. The molecule has 0 fully saturated rings. The number of rotatable bonds is 3. The normalized spacial score (nSPS) is 8.21. The van der Waals surface area contributed by atoms with Crippen molar-refractivity contribution in [2.75, 3.05) is 6.61 Å². The van der Waals surface area contributed by atoms with Gasteiger partial charge in [0.2, 0.25) is 0 Å². The Morgan fingerprint density at radius 3 is 2.50 bits per heavy atom. The lowest BCUT2D eigenvalue weighted by Crippen LogP contribution is -1.94.